The minimum atomic E-state index is 0.0294. The topological polar surface area (TPSA) is 58.6 Å². The first-order valence-electron chi connectivity index (χ1n) is 5.60. The van der Waals surface area contributed by atoms with E-state index < -0.39 is 0 Å². The van der Waals surface area contributed by atoms with Crippen molar-refractivity contribution in [3.8, 4) is 5.75 Å². The molecule has 0 aliphatic carbocycles. The van der Waals surface area contributed by atoms with Crippen LogP contribution in [0.5, 0.6) is 5.75 Å². The molecule has 0 fully saturated rings. The van der Waals surface area contributed by atoms with Gasteiger partial charge in [-0.05, 0) is 37.1 Å². The van der Waals surface area contributed by atoms with Crippen LogP contribution in [0.2, 0.25) is 0 Å². The molecule has 0 amide bonds. The third-order valence-corrected chi connectivity index (χ3v) is 2.83. The Labute approximate surface area is 102 Å². The van der Waals surface area contributed by atoms with Crippen LogP contribution in [0.4, 0.5) is 0 Å². The van der Waals surface area contributed by atoms with Crippen molar-refractivity contribution in [3.63, 3.8) is 0 Å². The van der Waals surface area contributed by atoms with E-state index in [0.717, 1.165) is 16.9 Å². The zero-order chi connectivity index (χ0) is 12.8. The predicted molar refractivity (Wildman–Crippen MR) is 66.8 cm³/mol. The van der Waals surface area contributed by atoms with Crippen LogP contribution in [0, 0.1) is 13.8 Å². The highest BCUT2D eigenvalue weighted by atomic mass is 16.5. The van der Waals surface area contributed by atoms with Gasteiger partial charge in [0, 0.05) is 12.1 Å². The molecule has 0 saturated heterocycles. The maximum Gasteiger partial charge on any atom is 0.176 e. The van der Waals surface area contributed by atoms with Crippen LogP contribution in [0.1, 0.15) is 21.5 Å². The van der Waals surface area contributed by atoms with Gasteiger partial charge in [-0.25, -0.2) is 0 Å². The number of carbonyl (C=O) groups excluding carboxylic acids is 1. The van der Waals surface area contributed by atoms with Crippen LogP contribution >= 0.6 is 0 Å². The van der Waals surface area contributed by atoms with Gasteiger partial charge < -0.3 is 15.2 Å². The number of ketones is 1. The highest BCUT2D eigenvalue weighted by Gasteiger charge is 2.12. The predicted octanol–water partition coefficient (Wildman–Crippen LogP) is 1.08. The molecule has 0 aliphatic heterocycles. The second kappa shape index (κ2) is 6.37. The van der Waals surface area contributed by atoms with Gasteiger partial charge in [-0.2, -0.15) is 0 Å². The summed E-state index contributed by atoms with van der Waals surface area (Å²) in [5.41, 5.74) is 2.63. The van der Waals surface area contributed by atoms with Crippen molar-refractivity contribution in [2.75, 3.05) is 26.8 Å². The Hall–Kier alpha value is -1.39. The van der Waals surface area contributed by atoms with Crippen LogP contribution in [0.3, 0.4) is 0 Å². The average Bonchev–Trinajstić information content (AvgIpc) is 2.32. The summed E-state index contributed by atoms with van der Waals surface area (Å²) in [6.45, 7) is 4.56. The number of aliphatic hydroxyl groups is 1. The third kappa shape index (κ3) is 3.28. The molecule has 0 spiro atoms. The highest BCUT2D eigenvalue weighted by molar-refractivity contribution is 5.99. The Morgan fingerprint density at radius 1 is 1.35 bits per heavy atom. The monoisotopic (exact) mass is 237 g/mol. The van der Waals surface area contributed by atoms with E-state index in [2.05, 4.69) is 5.32 Å². The van der Waals surface area contributed by atoms with Crippen molar-refractivity contribution in [1.82, 2.24) is 5.32 Å². The van der Waals surface area contributed by atoms with Gasteiger partial charge in [-0.3, -0.25) is 4.79 Å². The first kappa shape index (κ1) is 13.7. The standard InChI is InChI=1S/C13H19NO3/c1-9-10(2)13(17-3)5-4-11(9)12(16)8-14-6-7-15/h4-5,14-15H,6-8H2,1-3H3. The summed E-state index contributed by atoms with van der Waals surface area (Å²) in [7, 11) is 1.62. The Kier molecular flexibility index (Phi) is 5.12. The van der Waals surface area contributed by atoms with E-state index >= 15 is 0 Å². The molecule has 4 nitrogen and oxygen atoms in total. The van der Waals surface area contributed by atoms with Gasteiger partial charge in [0.15, 0.2) is 5.78 Å². The zero-order valence-electron chi connectivity index (χ0n) is 10.5. The van der Waals surface area contributed by atoms with Crippen molar-refractivity contribution in [2.24, 2.45) is 0 Å². The number of ether oxygens (including phenoxy) is 1. The van der Waals surface area contributed by atoms with E-state index in [1.807, 2.05) is 19.9 Å². The highest BCUT2D eigenvalue weighted by Crippen LogP contribution is 2.23. The lowest BCUT2D eigenvalue weighted by Crippen LogP contribution is -2.26. The van der Waals surface area contributed by atoms with Gasteiger partial charge in [0.1, 0.15) is 5.75 Å². The molecule has 17 heavy (non-hydrogen) atoms. The lowest BCUT2D eigenvalue weighted by Gasteiger charge is -2.12. The van der Waals surface area contributed by atoms with E-state index in [1.165, 1.54) is 0 Å². The van der Waals surface area contributed by atoms with E-state index in [9.17, 15) is 4.79 Å². The molecule has 1 aromatic rings. The van der Waals surface area contributed by atoms with Crippen LogP contribution in [-0.2, 0) is 0 Å². The van der Waals surface area contributed by atoms with Crippen molar-refractivity contribution < 1.29 is 14.6 Å². The Balaban J connectivity index is 2.84. The summed E-state index contributed by atoms with van der Waals surface area (Å²) in [4.78, 5) is 11.9. The molecule has 0 bridgehead atoms. The fraction of sp³-hybridized carbons (Fsp3) is 0.462. The van der Waals surface area contributed by atoms with E-state index in [-0.39, 0.29) is 18.9 Å². The number of methoxy groups -OCH3 is 1. The summed E-state index contributed by atoms with van der Waals surface area (Å²) in [5, 5.41) is 11.5. The van der Waals surface area contributed by atoms with Crippen molar-refractivity contribution in [2.45, 2.75) is 13.8 Å². The molecule has 0 aromatic heterocycles. The zero-order valence-corrected chi connectivity index (χ0v) is 10.5. The molecular weight excluding hydrogens is 218 g/mol. The SMILES string of the molecule is COc1ccc(C(=O)CNCCO)c(C)c1C. The largest absolute Gasteiger partial charge is 0.496 e. The van der Waals surface area contributed by atoms with E-state index in [0.29, 0.717) is 12.1 Å². The first-order chi connectivity index (χ1) is 8.11. The molecule has 0 atom stereocenters. The normalized spacial score (nSPS) is 10.4. The molecule has 0 unspecified atom stereocenters. The van der Waals surface area contributed by atoms with Crippen molar-refractivity contribution >= 4 is 5.78 Å². The van der Waals surface area contributed by atoms with Crippen LogP contribution in [-0.4, -0.2) is 37.7 Å². The number of aliphatic hydroxyl groups excluding tert-OH is 1. The minimum absolute atomic E-state index is 0.0294. The maximum absolute atomic E-state index is 11.9. The van der Waals surface area contributed by atoms with Crippen LogP contribution in [0.25, 0.3) is 0 Å². The molecule has 94 valence electrons. The molecule has 0 saturated carbocycles. The van der Waals surface area contributed by atoms with Crippen LogP contribution in [0.15, 0.2) is 12.1 Å². The van der Waals surface area contributed by atoms with Gasteiger partial charge in [-0.15, -0.1) is 0 Å². The number of hydrogen-bond acceptors (Lipinski definition) is 4. The molecule has 0 radical (unpaired) electrons. The lowest BCUT2D eigenvalue weighted by atomic mass is 9.99. The summed E-state index contributed by atoms with van der Waals surface area (Å²) >= 11 is 0. The summed E-state index contributed by atoms with van der Waals surface area (Å²) < 4.78 is 5.20. The number of carbonyl (C=O) groups is 1. The maximum atomic E-state index is 11.9. The van der Waals surface area contributed by atoms with Crippen molar-refractivity contribution in [1.29, 1.82) is 0 Å². The molecule has 1 rings (SSSR count). The molecule has 0 heterocycles. The second-order valence-electron chi connectivity index (χ2n) is 3.89. The molecule has 0 aliphatic rings. The van der Waals surface area contributed by atoms with Gasteiger partial charge in [-0.1, -0.05) is 0 Å². The van der Waals surface area contributed by atoms with Gasteiger partial charge in [0.05, 0.1) is 20.3 Å². The summed E-state index contributed by atoms with van der Waals surface area (Å²) in [6, 6.07) is 3.59. The van der Waals surface area contributed by atoms with E-state index in [1.54, 1.807) is 13.2 Å². The van der Waals surface area contributed by atoms with Gasteiger partial charge >= 0.3 is 0 Å². The van der Waals surface area contributed by atoms with E-state index in [4.69, 9.17) is 9.84 Å². The lowest BCUT2D eigenvalue weighted by molar-refractivity contribution is 0.0989. The van der Waals surface area contributed by atoms with Gasteiger partial charge in [0.2, 0.25) is 0 Å². The second-order valence-corrected chi connectivity index (χ2v) is 3.89. The fourth-order valence-corrected chi connectivity index (χ4v) is 1.70. The third-order valence-electron chi connectivity index (χ3n) is 2.83. The quantitative estimate of drug-likeness (QED) is 0.574. The first-order valence-corrected chi connectivity index (χ1v) is 5.60. The summed E-state index contributed by atoms with van der Waals surface area (Å²) in [6.07, 6.45) is 0. The Bertz CT molecular complexity index is 402. The Morgan fingerprint density at radius 3 is 2.65 bits per heavy atom. The minimum Gasteiger partial charge on any atom is -0.496 e. The van der Waals surface area contributed by atoms with Gasteiger partial charge in [0.25, 0.3) is 0 Å². The average molecular weight is 237 g/mol. The van der Waals surface area contributed by atoms with Crippen LogP contribution < -0.4 is 10.1 Å². The number of nitrogens with one attached hydrogen (secondary N) is 1. The number of Topliss-reactive ketones (excluding diaryl/α,β-unsaturated/α-hetero) is 1. The Morgan fingerprint density at radius 2 is 2.06 bits per heavy atom. The number of rotatable bonds is 6. The smallest absolute Gasteiger partial charge is 0.176 e. The van der Waals surface area contributed by atoms with Crippen molar-refractivity contribution in [3.05, 3.63) is 28.8 Å². The number of benzene rings is 1. The summed E-state index contributed by atoms with van der Waals surface area (Å²) in [5.74, 6) is 0.823. The molecular formula is C13H19NO3. The molecule has 2 N–H and O–H groups in total. The number of hydrogen-bond donors (Lipinski definition) is 2. The molecule has 1 aromatic carbocycles. The fourth-order valence-electron chi connectivity index (χ4n) is 1.70. The molecule has 4 heteroatoms.